The lowest BCUT2D eigenvalue weighted by Crippen LogP contribution is -2.36. The highest BCUT2D eigenvalue weighted by molar-refractivity contribution is 5.94. The highest BCUT2D eigenvalue weighted by Crippen LogP contribution is 2.29. The molecule has 1 saturated heterocycles. The number of aliphatic hydroxyl groups excluding tert-OH is 1. The minimum absolute atomic E-state index is 0.0568. The zero-order chi connectivity index (χ0) is 20.2. The molecule has 148 valence electrons. The molecule has 0 saturated carbocycles. The summed E-state index contributed by atoms with van der Waals surface area (Å²) in [4.78, 5) is 18.6. The molecule has 0 radical (unpaired) electrons. The Bertz CT molecular complexity index is 979. The molecule has 1 fully saturated rings. The number of aliphatic hydroxyl groups is 1. The maximum Gasteiger partial charge on any atom is 0.159 e. The molecule has 5 nitrogen and oxygen atoms in total. The Morgan fingerprint density at radius 1 is 1.00 bits per heavy atom. The maximum atomic E-state index is 11.5. The van der Waals surface area contributed by atoms with Crippen LogP contribution in [0.2, 0.25) is 0 Å². The van der Waals surface area contributed by atoms with Gasteiger partial charge in [-0.1, -0.05) is 30.3 Å². The summed E-state index contributed by atoms with van der Waals surface area (Å²) >= 11 is 0. The number of nitrogens with one attached hydrogen (secondary N) is 1. The third-order valence-electron chi connectivity index (χ3n) is 5.25. The first-order chi connectivity index (χ1) is 14.1. The van der Waals surface area contributed by atoms with Gasteiger partial charge in [0.1, 0.15) is 5.82 Å². The van der Waals surface area contributed by atoms with Gasteiger partial charge < -0.3 is 15.3 Å². The summed E-state index contributed by atoms with van der Waals surface area (Å²) in [5.41, 5.74) is 4.51. The number of ketones is 1. The highest BCUT2D eigenvalue weighted by Gasteiger charge is 2.19. The predicted octanol–water partition coefficient (Wildman–Crippen LogP) is 4.66. The number of aromatic nitrogens is 1. The smallest absolute Gasteiger partial charge is 0.159 e. The molecule has 2 heterocycles. The second kappa shape index (κ2) is 8.45. The van der Waals surface area contributed by atoms with Crippen LogP contribution in [0, 0.1) is 0 Å². The van der Waals surface area contributed by atoms with Crippen molar-refractivity contribution in [2.75, 3.05) is 23.3 Å². The van der Waals surface area contributed by atoms with Crippen LogP contribution in [0.5, 0.6) is 0 Å². The van der Waals surface area contributed by atoms with Crippen LogP contribution in [0.25, 0.3) is 11.3 Å². The molecule has 0 atom stereocenters. The summed E-state index contributed by atoms with van der Waals surface area (Å²) in [6, 6.07) is 21.7. The van der Waals surface area contributed by atoms with Crippen molar-refractivity contribution >= 4 is 23.0 Å². The van der Waals surface area contributed by atoms with Crippen LogP contribution in [0.1, 0.15) is 30.1 Å². The first-order valence-corrected chi connectivity index (χ1v) is 9.97. The number of hydrogen-bond acceptors (Lipinski definition) is 5. The van der Waals surface area contributed by atoms with E-state index in [4.69, 9.17) is 4.98 Å². The number of pyridine rings is 1. The molecule has 2 N–H and O–H groups in total. The zero-order valence-electron chi connectivity index (χ0n) is 16.5. The van der Waals surface area contributed by atoms with Crippen molar-refractivity contribution in [1.82, 2.24) is 4.98 Å². The number of carbonyl (C=O) groups excluding carboxylic acids is 1. The van der Waals surface area contributed by atoms with Gasteiger partial charge in [-0.15, -0.1) is 0 Å². The molecule has 0 aliphatic carbocycles. The van der Waals surface area contributed by atoms with E-state index < -0.39 is 0 Å². The molecule has 0 spiro atoms. The Morgan fingerprint density at radius 3 is 2.34 bits per heavy atom. The van der Waals surface area contributed by atoms with E-state index in [9.17, 15) is 9.90 Å². The first-order valence-electron chi connectivity index (χ1n) is 9.97. The van der Waals surface area contributed by atoms with Crippen LogP contribution < -0.4 is 10.2 Å². The number of benzene rings is 2. The average molecular weight is 387 g/mol. The SMILES string of the molecule is CC(=O)c1ccc(Nc2cc(-c3ccccc3)nc(N3CCC(O)CC3)c2)cc1. The van der Waals surface area contributed by atoms with Crippen molar-refractivity contribution in [3.63, 3.8) is 0 Å². The maximum absolute atomic E-state index is 11.5. The Hall–Kier alpha value is -3.18. The summed E-state index contributed by atoms with van der Waals surface area (Å²) in [5.74, 6) is 0.961. The van der Waals surface area contributed by atoms with Gasteiger partial charge in [0.05, 0.1) is 11.8 Å². The molecule has 1 aromatic heterocycles. The average Bonchev–Trinajstić information content (AvgIpc) is 2.75. The lowest BCUT2D eigenvalue weighted by atomic mass is 10.1. The van der Waals surface area contributed by atoms with E-state index in [1.807, 2.05) is 54.6 Å². The van der Waals surface area contributed by atoms with Crippen molar-refractivity contribution in [3.8, 4) is 11.3 Å². The van der Waals surface area contributed by atoms with Crippen molar-refractivity contribution in [2.45, 2.75) is 25.9 Å². The summed E-state index contributed by atoms with van der Waals surface area (Å²) in [5, 5.41) is 13.3. The first kappa shape index (κ1) is 19.2. The van der Waals surface area contributed by atoms with E-state index >= 15 is 0 Å². The monoisotopic (exact) mass is 387 g/mol. The topological polar surface area (TPSA) is 65.5 Å². The van der Waals surface area contributed by atoms with Crippen LogP contribution in [-0.4, -0.2) is 35.1 Å². The van der Waals surface area contributed by atoms with Crippen LogP contribution in [0.3, 0.4) is 0 Å². The summed E-state index contributed by atoms with van der Waals surface area (Å²) in [6.07, 6.45) is 1.29. The summed E-state index contributed by atoms with van der Waals surface area (Å²) in [7, 11) is 0. The fourth-order valence-electron chi connectivity index (χ4n) is 3.56. The van der Waals surface area contributed by atoms with E-state index in [0.29, 0.717) is 5.56 Å². The molecule has 0 bridgehead atoms. The Kier molecular flexibility index (Phi) is 5.58. The van der Waals surface area contributed by atoms with Crippen LogP contribution in [-0.2, 0) is 0 Å². The molecule has 0 amide bonds. The molecular formula is C24H25N3O2. The van der Waals surface area contributed by atoms with Gasteiger partial charge in [0.25, 0.3) is 0 Å². The third kappa shape index (κ3) is 4.63. The van der Waals surface area contributed by atoms with Crippen molar-refractivity contribution < 1.29 is 9.90 Å². The zero-order valence-corrected chi connectivity index (χ0v) is 16.5. The quantitative estimate of drug-likeness (QED) is 0.624. The molecule has 1 aliphatic heterocycles. The number of Topliss-reactive ketones (excluding diaryl/α,β-unsaturated/α-hetero) is 1. The standard InChI is InChI=1S/C24H25N3O2/c1-17(28)18-7-9-20(10-8-18)25-21-15-23(19-5-3-2-4-6-19)26-24(16-21)27-13-11-22(29)12-14-27/h2-10,15-16,22,29H,11-14H2,1H3,(H,25,26). The normalized spacial score (nSPS) is 14.6. The number of nitrogens with zero attached hydrogens (tertiary/aromatic N) is 2. The van der Waals surface area contributed by atoms with Crippen LogP contribution in [0.4, 0.5) is 17.2 Å². The lowest BCUT2D eigenvalue weighted by Gasteiger charge is -2.31. The van der Waals surface area contributed by atoms with E-state index in [1.54, 1.807) is 6.92 Å². The van der Waals surface area contributed by atoms with Gasteiger partial charge in [-0.2, -0.15) is 0 Å². The molecule has 1 aliphatic rings. The lowest BCUT2D eigenvalue weighted by molar-refractivity contribution is 0.101. The number of piperidine rings is 1. The summed E-state index contributed by atoms with van der Waals surface area (Å²) in [6.45, 7) is 3.15. The van der Waals surface area contributed by atoms with E-state index in [2.05, 4.69) is 22.3 Å². The van der Waals surface area contributed by atoms with Gasteiger partial charge in [-0.3, -0.25) is 4.79 Å². The van der Waals surface area contributed by atoms with Crippen LogP contribution >= 0.6 is 0 Å². The van der Waals surface area contributed by atoms with E-state index in [1.165, 1.54) is 0 Å². The number of hydrogen-bond donors (Lipinski definition) is 2. The summed E-state index contributed by atoms with van der Waals surface area (Å²) < 4.78 is 0. The van der Waals surface area contributed by atoms with Gasteiger partial charge in [0, 0.05) is 41.7 Å². The minimum atomic E-state index is -0.221. The van der Waals surface area contributed by atoms with Gasteiger partial charge in [0.2, 0.25) is 0 Å². The van der Waals surface area contributed by atoms with E-state index in [0.717, 1.165) is 54.4 Å². The molecular weight excluding hydrogens is 362 g/mol. The fraction of sp³-hybridized carbons (Fsp3) is 0.250. The van der Waals surface area contributed by atoms with Crippen molar-refractivity contribution in [1.29, 1.82) is 0 Å². The Balaban J connectivity index is 1.66. The van der Waals surface area contributed by atoms with E-state index in [-0.39, 0.29) is 11.9 Å². The van der Waals surface area contributed by atoms with Gasteiger partial charge in [-0.05, 0) is 50.1 Å². The number of rotatable bonds is 5. The molecule has 2 aromatic carbocycles. The van der Waals surface area contributed by atoms with Crippen LogP contribution in [0.15, 0.2) is 66.7 Å². The molecule has 4 rings (SSSR count). The molecule has 0 unspecified atom stereocenters. The van der Waals surface area contributed by atoms with Gasteiger partial charge in [0.15, 0.2) is 5.78 Å². The second-order valence-corrected chi connectivity index (χ2v) is 7.44. The Labute approximate surface area is 171 Å². The van der Waals surface area contributed by atoms with Gasteiger partial charge >= 0.3 is 0 Å². The fourth-order valence-corrected chi connectivity index (χ4v) is 3.56. The Morgan fingerprint density at radius 2 is 1.69 bits per heavy atom. The number of carbonyl (C=O) groups is 1. The molecule has 29 heavy (non-hydrogen) atoms. The van der Waals surface area contributed by atoms with Crippen molar-refractivity contribution in [2.24, 2.45) is 0 Å². The molecule has 3 aromatic rings. The van der Waals surface area contributed by atoms with Crippen molar-refractivity contribution in [3.05, 3.63) is 72.3 Å². The largest absolute Gasteiger partial charge is 0.393 e. The molecule has 5 heteroatoms. The van der Waals surface area contributed by atoms with Gasteiger partial charge in [-0.25, -0.2) is 4.98 Å². The second-order valence-electron chi connectivity index (χ2n) is 7.44. The highest BCUT2D eigenvalue weighted by atomic mass is 16.3. The number of anilines is 3. The predicted molar refractivity (Wildman–Crippen MR) is 117 cm³/mol. The minimum Gasteiger partial charge on any atom is -0.393 e. The third-order valence-corrected chi connectivity index (χ3v) is 5.25.